The second-order valence-electron chi connectivity index (χ2n) is 4.45. The third kappa shape index (κ3) is 2.24. The lowest BCUT2D eigenvalue weighted by Crippen LogP contribution is -2.30. The predicted octanol–water partition coefficient (Wildman–Crippen LogP) is 0.446. The van der Waals surface area contributed by atoms with E-state index in [0.29, 0.717) is 17.3 Å². The lowest BCUT2D eigenvalue weighted by Gasteiger charge is -2.21. The maximum Gasteiger partial charge on any atom is 0.349 e. The number of aliphatic hydroxyl groups is 2. The summed E-state index contributed by atoms with van der Waals surface area (Å²) in [5.41, 5.74) is 0.215. The van der Waals surface area contributed by atoms with Crippen molar-refractivity contribution in [3.05, 3.63) is 40.9 Å². The SMILES string of the molecule is O=c1nc2c(cn1C[C@H](O)CO)Oc1ccccc1N2. The molecule has 2 heterocycles. The van der Waals surface area contributed by atoms with Crippen molar-refractivity contribution in [1.82, 2.24) is 9.55 Å². The normalized spacial score (nSPS) is 13.7. The molecule has 20 heavy (non-hydrogen) atoms. The minimum atomic E-state index is -1.02. The highest BCUT2D eigenvalue weighted by atomic mass is 16.5. The van der Waals surface area contributed by atoms with Gasteiger partial charge >= 0.3 is 5.69 Å². The summed E-state index contributed by atoms with van der Waals surface area (Å²) in [5.74, 6) is 1.37. The van der Waals surface area contributed by atoms with Crippen molar-refractivity contribution >= 4 is 11.5 Å². The van der Waals surface area contributed by atoms with Gasteiger partial charge in [-0.3, -0.25) is 4.57 Å². The first-order valence-electron chi connectivity index (χ1n) is 6.11. The largest absolute Gasteiger partial charge is 0.450 e. The van der Waals surface area contributed by atoms with E-state index in [0.717, 1.165) is 5.69 Å². The van der Waals surface area contributed by atoms with E-state index >= 15 is 0 Å². The van der Waals surface area contributed by atoms with Crippen LogP contribution in [0, 0.1) is 0 Å². The van der Waals surface area contributed by atoms with Gasteiger partial charge in [0.05, 0.1) is 31.1 Å². The number of anilines is 2. The van der Waals surface area contributed by atoms with E-state index in [1.165, 1.54) is 10.8 Å². The molecule has 1 aliphatic heterocycles. The van der Waals surface area contributed by atoms with Gasteiger partial charge in [0.2, 0.25) is 0 Å². The Kier molecular flexibility index (Phi) is 3.13. The van der Waals surface area contributed by atoms with E-state index in [1.807, 2.05) is 18.2 Å². The Morgan fingerprint density at radius 3 is 2.95 bits per heavy atom. The van der Waals surface area contributed by atoms with Crippen LogP contribution in [0.2, 0.25) is 0 Å². The molecule has 0 unspecified atom stereocenters. The molecule has 0 saturated carbocycles. The average Bonchev–Trinajstić information content (AvgIpc) is 2.46. The highest BCUT2D eigenvalue weighted by Gasteiger charge is 2.19. The van der Waals surface area contributed by atoms with E-state index < -0.39 is 18.4 Å². The van der Waals surface area contributed by atoms with Gasteiger partial charge in [-0.15, -0.1) is 0 Å². The van der Waals surface area contributed by atoms with Gasteiger partial charge in [0, 0.05) is 0 Å². The molecule has 0 spiro atoms. The first-order chi connectivity index (χ1) is 9.67. The van der Waals surface area contributed by atoms with Gasteiger partial charge in [0.1, 0.15) is 0 Å². The summed E-state index contributed by atoms with van der Waals surface area (Å²) in [5, 5.41) is 21.2. The van der Waals surface area contributed by atoms with E-state index in [9.17, 15) is 9.90 Å². The third-order valence-electron chi connectivity index (χ3n) is 2.94. The minimum absolute atomic E-state index is 0.0411. The van der Waals surface area contributed by atoms with Gasteiger partial charge < -0.3 is 20.3 Å². The van der Waals surface area contributed by atoms with Crippen molar-refractivity contribution in [2.45, 2.75) is 12.6 Å². The van der Waals surface area contributed by atoms with Crippen molar-refractivity contribution in [3.63, 3.8) is 0 Å². The zero-order chi connectivity index (χ0) is 14.1. The Hall–Kier alpha value is -2.38. The van der Waals surface area contributed by atoms with Crippen molar-refractivity contribution in [3.8, 4) is 11.5 Å². The number of hydrogen-bond donors (Lipinski definition) is 3. The Labute approximate surface area is 114 Å². The van der Waals surface area contributed by atoms with Gasteiger partial charge in [-0.25, -0.2) is 4.79 Å². The van der Waals surface area contributed by atoms with Crippen LogP contribution in [0.25, 0.3) is 0 Å². The number of rotatable bonds is 3. The van der Waals surface area contributed by atoms with E-state index in [4.69, 9.17) is 9.84 Å². The predicted molar refractivity (Wildman–Crippen MR) is 71.4 cm³/mol. The lowest BCUT2D eigenvalue weighted by atomic mass is 10.2. The van der Waals surface area contributed by atoms with Crippen LogP contribution in [0.4, 0.5) is 11.5 Å². The maximum absolute atomic E-state index is 11.8. The molecule has 0 bridgehead atoms. The minimum Gasteiger partial charge on any atom is -0.450 e. The zero-order valence-electron chi connectivity index (χ0n) is 10.5. The van der Waals surface area contributed by atoms with Crippen molar-refractivity contribution in [2.75, 3.05) is 11.9 Å². The molecule has 1 atom stereocenters. The molecule has 0 fully saturated rings. The molecule has 0 saturated heterocycles. The number of nitrogens with zero attached hydrogens (tertiary/aromatic N) is 2. The molecule has 2 aromatic rings. The smallest absolute Gasteiger partial charge is 0.349 e. The second kappa shape index (κ2) is 4.95. The van der Waals surface area contributed by atoms with Gasteiger partial charge in [-0.1, -0.05) is 12.1 Å². The summed E-state index contributed by atoms with van der Waals surface area (Å²) in [6.45, 7) is -0.466. The Balaban J connectivity index is 1.97. The fraction of sp³-hybridized carbons (Fsp3) is 0.231. The number of aromatic nitrogens is 2. The monoisotopic (exact) mass is 275 g/mol. The highest BCUT2D eigenvalue weighted by Crippen LogP contribution is 2.39. The number of nitrogens with one attached hydrogen (secondary N) is 1. The topological polar surface area (TPSA) is 96.6 Å². The van der Waals surface area contributed by atoms with Crippen LogP contribution in [0.15, 0.2) is 35.3 Å². The number of ether oxygens (including phenoxy) is 1. The number of aliphatic hydroxyl groups excluding tert-OH is 2. The van der Waals surface area contributed by atoms with Crippen LogP contribution < -0.4 is 15.7 Å². The molecule has 1 aromatic heterocycles. The first-order valence-corrected chi connectivity index (χ1v) is 6.11. The number of para-hydroxylation sites is 2. The number of benzene rings is 1. The molecule has 104 valence electrons. The number of fused-ring (bicyclic) bond motifs is 2. The van der Waals surface area contributed by atoms with Crippen LogP contribution >= 0.6 is 0 Å². The molecular formula is C13H13N3O4. The molecule has 0 aliphatic carbocycles. The molecule has 7 heteroatoms. The van der Waals surface area contributed by atoms with Crippen molar-refractivity contribution < 1.29 is 14.9 Å². The van der Waals surface area contributed by atoms with E-state index in [1.54, 1.807) is 6.07 Å². The van der Waals surface area contributed by atoms with Crippen LogP contribution in [0.1, 0.15) is 0 Å². The fourth-order valence-electron chi connectivity index (χ4n) is 1.96. The quantitative estimate of drug-likeness (QED) is 0.642. The van der Waals surface area contributed by atoms with Gasteiger partial charge in [0.15, 0.2) is 17.3 Å². The van der Waals surface area contributed by atoms with Crippen molar-refractivity contribution in [1.29, 1.82) is 0 Å². The van der Waals surface area contributed by atoms with Gasteiger partial charge in [0.25, 0.3) is 0 Å². The molecule has 3 rings (SSSR count). The van der Waals surface area contributed by atoms with Crippen LogP contribution in [0.5, 0.6) is 11.5 Å². The molecule has 0 amide bonds. The van der Waals surface area contributed by atoms with Crippen molar-refractivity contribution in [2.24, 2.45) is 0 Å². The Bertz CT molecular complexity index is 698. The molecule has 1 aliphatic rings. The molecule has 3 N–H and O–H groups in total. The summed E-state index contributed by atoms with van der Waals surface area (Å²) < 4.78 is 6.86. The summed E-state index contributed by atoms with van der Waals surface area (Å²) >= 11 is 0. The maximum atomic E-state index is 11.8. The Morgan fingerprint density at radius 2 is 2.15 bits per heavy atom. The van der Waals surface area contributed by atoms with Crippen LogP contribution in [-0.2, 0) is 6.54 Å². The summed E-state index contributed by atoms with van der Waals surface area (Å²) in [6.07, 6.45) is 0.448. The van der Waals surface area contributed by atoms with E-state index in [2.05, 4.69) is 10.3 Å². The molecule has 7 nitrogen and oxygen atoms in total. The Morgan fingerprint density at radius 1 is 1.35 bits per heavy atom. The van der Waals surface area contributed by atoms with Gasteiger partial charge in [-0.2, -0.15) is 4.98 Å². The third-order valence-corrected chi connectivity index (χ3v) is 2.94. The second-order valence-corrected chi connectivity index (χ2v) is 4.45. The summed E-state index contributed by atoms with van der Waals surface area (Å²) in [4.78, 5) is 15.7. The first kappa shape index (κ1) is 12.6. The molecule has 1 aromatic carbocycles. The molecule has 0 radical (unpaired) electrons. The average molecular weight is 275 g/mol. The van der Waals surface area contributed by atoms with Gasteiger partial charge in [-0.05, 0) is 12.1 Å². The number of hydrogen-bond acceptors (Lipinski definition) is 6. The summed E-state index contributed by atoms with van der Waals surface area (Å²) in [7, 11) is 0. The standard InChI is InChI=1S/C13H13N3O4/c17-7-8(18)5-16-6-11-12(15-13(16)19)14-9-3-1-2-4-10(9)20-11/h1-4,6,8,17-18H,5,7H2,(H,14,15,19)/t8-/m0/s1. The van der Waals surface area contributed by atoms with E-state index in [-0.39, 0.29) is 6.54 Å². The van der Waals surface area contributed by atoms with Crippen LogP contribution in [-0.4, -0.2) is 32.5 Å². The zero-order valence-corrected chi connectivity index (χ0v) is 10.5. The fourth-order valence-corrected chi connectivity index (χ4v) is 1.96. The highest BCUT2D eigenvalue weighted by molar-refractivity contribution is 5.72. The van der Waals surface area contributed by atoms with Crippen LogP contribution in [0.3, 0.4) is 0 Å². The lowest BCUT2D eigenvalue weighted by molar-refractivity contribution is 0.0799. The molecular weight excluding hydrogens is 262 g/mol. The summed E-state index contributed by atoms with van der Waals surface area (Å²) in [6, 6.07) is 7.30.